The maximum atomic E-state index is 2.42. The molecule has 13 rings (SSSR count). The highest BCUT2D eigenvalue weighted by molar-refractivity contribution is 8.01. The average molecular weight is 785 g/mol. The van der Waals surface area contributed by atoms with Gasteiger partial charge in [0.2, 0.25) is 6.71 Å². The van der Waals surface area contributed by atoms with Crippen LogP contribution in [0.2, 0.25) is 0 Å². The zero-order valence-corrected chi connectivity index (χ0v) is 33.5. The van der Waals surface area contributed by atoms with Crippen molar-refractivity contribution >= 4 is 90.2 Å². The van der Waals surface area contributed by atoms with Crippen LogP contribution in [0.4, 0.5) is 0 Å². The van der Waals surface area contributed by atoms with Crippen LogP contribution in [-0.2, 0) is 0 Å². The first-order valence-electron chi connectivity index (χ1n) is 20.2. The van der Waals surface area contributed by atoms with Crippen molar-refractivity contribution in [1.29, 1.82) is 0 Å². The van der Waals surface area contributed by atoms with E-state index in [1.54, 1.807) is 0 Å². The molecule has 0 bridgehead atoms. The summed E-state index contributed by atoms with van der Waals surface area (Å²) in [5.74, 6) is 0. The van der Waals surface area contributed by atoms with Gasteiger partial charge in [-0.3, -0.25) is 0 Å². The first kappa shape index (κ1) is 33.3. The van der Waals surface area contributed by atoms with Crippen molar-refractivity contribution < 1.29 is 0 Å². The molecule has 0 unspecified atom stereocenters. The molecule has 0 amide bonds. The van der Waals surface area contributed by atoms with E-state index in [9.17, 15) is 0 Å². The standard InChI is InChI=1S/C54H33BN2S2/c1-5-14-46-40(10-1)41-11-2-6-15-47(41)56(46)38-26-20-34(21-27-38)36-24-30-44-52(32-36)58-50-18-9-19-51-54(50)55(44)45-31-25-37(33-53(45)59-51)35-22-28-39(29-23-35)57-48-16-7-3-12-42(48)43-13-4-8-17-49(43)57/h1-33H. The third-order valence-corrected chi connectivity index (χ3v) is 14.8. The highest BCUT2D eigenvalue weighted by Gasteiger charge is 2.38. The van der Waals surface area contributed by atoms with E-state index in [1.165, 1.54) is 113 Å². The average Bonchev–Trinajstić information content (AvgIpc) is 3.82. The van der Waals surface area contributed by atoms with Gasteiger partial charge in [-0.1, -0.05) is 162 Å². The molecule has 11 aromatic rings. The Morgan fingerprint density at radius 3 is 1.05 bits per heavy atom. The van der Waals surface area contributed by atoms with E-state index in [2.05, 4.69) is 209 Å². The Morgan fingerprint density at radius 1 is 0.305 bits per heavy atom. The summed E-state index contributed by atoms with van der Waals surface area (Å²) in [5, 5.41) is 5.13. The van der Waals surface area contributed by atoms with Crippen molar-refractivity contribution in [2.24, 2.45) is 0 Å². The van der Waals surface area contributed by atoms with Gasteiger partial charge in [0.15, 0.2) is 0 Å². The Morgan fingerprint density at radius 2 is 0.661 bits per heavy atom. The molecule has 59 heavy (non-hydrogen) atoms. The van der Waals surface area contributed by atoms with Gasteiger partial charge in [-0.25, -0.2) is 0 Å². The fourth-order valence-corrected chi connectivity index (χ4v) is 12.3. The summed E-state index contributed by atoms with van der Waals surface area (Å²) in [4.78, 5) is 5.40. The van der Waals surface area contributed by atoms with E-state index in [1.807, 2.05) is 23.5 Å². The third-order valence-electron chi connectivity index (χ3n) is 12.5. The van der Waals surface area contributed by atoms with Crippen molar-refractivity contribution in [1.82, 2.24) is 9.13 Å². The summed E-state index contributed by atoms with van der Waals surface area (Å²) in [6, 6.07) is 74.2. The minimum atomic E-state index is 0.201. The van der Waals surface area contributed by atoms with Gasteiger partial charge in [0, 0.05) is 52.5 Å². The lowest BCUT2D eigenvalue weighted by atomic mass is 9.36. The third kappa shape index (κ3) is 5.05. The molecule has 2 nitrogen and oxygen atoms in total. The molecule has 0 fully saturated rings. The fourth-order valence-electron chi connectivity index (χ4n) is 9.79. The van der Waals surface area contributed by atoms with Crippen LogP contribution in [0.25, 0.3) is 77.2 Å². The Hall–Kier alpha value is -6.66. The van der Waals surface area contributed by atoms with Crippen LogP contribution in [0.5, 0.6) is 0 Å². The first-order chi connectivity index (χ1) is 29.2. The Labute approximate surface area is 350 Å². The van der Waals surface area contributed by atoms with E-state index < -0.39 is 0 Å². The molecule has 0 saturated carbocycles. The quantitative estimate of drug-likeness (QED) is 0.165. The van der Waals surface area contributed by atoms with Crippen molar-refractivity contribution in [3.05, 3.63) is 200 Å². The molecular formula is C54H33BN2S2. The largest absolute Gasteiger partial charge is 0.309 e. The second-order valence-corrected chi connectivity index (χ2v) is 17.8. The normalized spacial score (nSPS) is 12.9. The molecule has 4 heterocycles. The van der Waals surface area contributed by atoms with Gasteiger partial charge in [0.1, 0.15) is 0 Å². The minimum Gasteiger partial charge on any atom is -0.309 e. The number of para-hydroxylation sites is 4. The number of fused-ring (bicyclic) bond motifs is 10. The van der Waals surface area contributed by atoms with Crippen molar-refractivity contribution in [2.75, 3.05) is 0 Å². The molecule has 2 aliphatic rings. The maximum Gasteiger partial charge on any atom is 0.247 e. The van der Waals surface area contributed by atoms with Crippen LogP contribution in [0.1, 0.15) is 0 Å². The lowest BCUT2D eigenvalue weighted by molar-refractivity contribution is 1.18. The van der Waals surface area contributed by atoms with E-state index in [4.69, 9.17) is 0 Å². The summed E-state index contributed by atoms with van der Waals surface area (Å²) in [5.41, 5.74) is 16.5. The van der Waals surface area contributed by atoms with Crippen molar-refractivity contribution in [3.8, 4) is 33.6 Å². The summed E-state index contributed by atoms with van der Waals surface area (Å²) in [6.45, 7) is 0.201. The van der Waals surface area contributed by atoms with Crippen LogP contribution in [0.15, 0.2) is 220 Å². The van der Waals surface area contributed by atoms with E-state index in [0.29, 0.717) is 0 Å². The van der Waals surface area contributed by atoms with Gasteiger partial charge < -0.3 is 9.13 Å². The smallest absolute Gasteiger partial charge is 0.247 e. The van der Waals surface area contributed by atoms with Crippen LogP contribution >= 0.6 is 23.5 Å². The molecule has 9 aromatic carbocycles. The molecule has 2 aromatic heterocycles. The molecule has 274 valence electrons. The van der Waals surface area contributed by atoms with Gasteiger partial charge in [-0.15, -0.1) is 0 Å². The summed E-state index contributed by atoms with van der Waals surface area (Å²) >= 11 is 3.84. The van der Waals surface area contributed by atoms with Crippen LogP contribution in [0.3, 0.4) is 0 Å². The number of rotatable bonds is 4. The molecule has 0 atom stereocenters. The van der Waals surface area contributed by atoms with Crippen LogP contribution in [0, 0.1) is 0 Å². The van der Waals surface area contributed by atoms with Gasteiger partial charge >= 0.3 is 0 Å². The minimum absolute atomic E-state index is 0.201. The van der Waals surface area contributed by atoms with Gasteiger partial charge in [0.05, 0.1) is 22.1 Å². The zero-order valence-electron chi connectivity index (χ0n) is 31.8. The molecule has 0 N–H and O–H groups in total. The topological polar surface area (TPSA) is 9.86 Å². The highest BCUT2D eigenvalue weighted by atomic mass is 32.2. The SMILES string of the molecule is c1cc2c3c(c1)Sc1cc(-c4ccc(-n5c6ccccc6c6ccccc65)cc4)ccc1B3c1ccc(-c3ccc(-n4c5ccccc5c5ccccc54)cc3)cc1S2. The van der Waals surface area contributed by atoms with E-state index >= 15 is 0 Å². The zero-order chi connectivity index (χ0) is 38.6. The predicted octanol–water partition coefficient (Wildman–Crippen LogP) is 12.7. The summed E-state index contributed by atoms with van der Waals surface area (Å²) < 4.78 is 4.77. The summed E-state index contributed by atoms with van der Waals surface area (Å²) in [6.07, 6.45) is 0. The number of nitrogens with zero attached hydrogens (tertiary/aromatic N) is 2. The second kappa shape index (κ2) is 12.9. The molecular weight excluding hydrogens is 752 g/mol. The van der Waals surface area contributed by atoms with Gasteiger partial charge in [0.25, 0.3) is 0 Å². The number of hydrogen-bond acceptors (Lipinski definition) is 2. The molecule has 0 spiro atoms. The summed E-state index contributed by atoms with van der Waals surface area (Å²) in [7, 11) is 0. The lowest BCUT2D eigenvalue weighted by Gasteiger charge is -2.33. The molecule has 2 aliphatic heterocycles. The highest BCUT2D eigenvalue weighted by Crippen LogP contribution is 2.41. The van der Waals surface area contributed by atoms with Crippen LogP contribution in [-0.4, -0.2) is 15.8 Å². The Kier molecular flexibility index (Phi) is 7.30. The van der Waals surface area contributed by atoms with Gasteiger partial charge in [-0.2, -0.15) is 0 Å². The van der Waals surface area contributed by atoms with E-state index in [0.717, 1.165) is 0 Å². The predicted molar refractivity (Wildman–Crippen MR) is 252 cm³/mol. The number of benzene rings is 9. The van der Waals surface area contributed by atoms with E-state index in [-0.39, 0.29) is 6.71 Å². The second-order valence-electron chi connectivity index (χ2n) is 15.6. The monoisotopic (exact) mass is 784 g/mol. The maximum absolute atomic E-state index is 2.42. The van der Waals surface area contributed by atoms with Gasteiger partial charge in [-0.05, 0) is 101 Å². The Bertz CT molecular complexity index is 3170. The number of hydrogen-bond donors (Lipinski definition) is 0. The van der Waals surface area contributed by atoms with Crippen molar-refractivity contribution in [2.45, 2.75) is 19.6 Å². The van der Waals surface area contributed by atoms with Crippen LogP contribution < -0.4 is 16.4 Å². The molecule has 5 heteroatoms. The molecule has 0 saturated heterocycles. The van der Waals surface area contributed by atoms with Crippen molar-refractivity contribution in [3.63, 3.8) is 0 Å². The molecule has 0 radical (unpaired) electrons. The fraction of sp³-hybridized carbons (Fsp3) is 0. The lowest BCUT2D eigenvalue weighted by Crippen LogP contribution is -2.57. The first-order valence-corrected chi connectivity index (χ1v) is 21.8. The molecule has 0 aliphatic carbocycles. The Balaban J connectivity index is 0.846. The number of aromatic nitrogens is 2.